The van der Waals surface area contributed by atoms with Gasteiger partial charge in [-0.1, -0.05) is 24.6 Å². The Balaban J connectivity index is 2.81. The monoisotopic (exact) mass is 249 g/mol. The Morgan fingerprint density at radius 1 is 1.50 bits per heavy atom. The van der Waals surface area contributed by atoms with Crippen LogP contribution in [0, 0.1) is 0 Å². The van der Waals surface area contributed by atoms with Crippen LogP contribution >= 0.6 is 0 Å². The van der Waals surface area contributed by atoms with E-state index in [0.29, 0.717) is 11.8 Å². The van der Waals surface area contributed by atoms with Crippen molar-refractivity contribution in [3.63, 3.8) is 0 Å². The zero-order chi connectivity index (χ0) is 13.5. The zero-order valence-corrected chi connectivity index (χ0v) is 11.7. The van der Waals surface area contributed by atoms with Gasteiger partial charge in [-0.05, 0) is 44.5 Å². The van der Waals surface area contributed by atoms with Gasteiger partial charge in [0.25, 0.3) is 0 Å². The third kappa shape index (κ3) is 4.08. The molecule has 0 bridgehead atoms. The summed E-state index contributed by atoms with van der Waals surface area (Å²) in [7, 11) is 1.56. The third-order valence-corrected chi connectivity index (χ3v) is 2.98. The summed E-state index contributed by atoms with van der Waals surface area (Å²) in [6.07, 6.45) is 3.24. The molecule has 100 valence electrons. The normalized spacial score (nSPS) is 13.4. The van der Waals surface area contributed by atoms with Crippen molar-refractivity contribution in [2.75, 3.05) is 13.7 Å². The molecule has 0 aliphatic rings. The summed E-state index contributed by atoms with van der Waals surface area (Å²) in [5, 5.41) is 13.0. The summed E-state index contributed by atoms with van der Waals surface area (Å²) in [4.78, 5) is 0. The van der Waals surface area contributed by atoms with Crippen molar-refractivity contribution in [2.24, 2.45) is 0 Å². The predicted octanol–water partition coefficient (Wildman–Crippen LogP) is 3.19. The highest BCUT2D eigenvalue weighted by Gasteiger charge is 2.05. The van der Waals surface area contributed by atoms with Gasteiger partial charge in [-0.3, -0.25) is 0 Å². The van der Waals surface area contributed by atoms with Gasteiger partial charge in [0.05, 0.1) is 7.11 Å². The maximum absolute atomic E-state index is 9.54. The van der Waals surface area contributed by atoms with Gasteiger partial charge in [0.1, 0.15) is 0 Å². The highest BCUT2D eigenvalue weighted by atomic mass is 16.5. The van der Waals surface area contributed by atoms with Crippen LogP contribution in [0.2, 0.25) is 0 Å². The van der Waals surface area contributed by atoms with E-state index in [9.17, 15) is 5.11 Å². The van der Waals surface area contributed by atoms with E-state index in [1.165, 1.54) is 5.57 Å². The molecule has 2 N–H and O–H groups in total. The van der Waals surface area contributed by atoms with E-state index in [4.69, 9.17) is 4.74 Å². The highest BCUT2D eigenvalue weighted by Crippen LogP contribution is 2.27. The van der Waals surface area contributed by atoms with Crippen LogP contribution in [-0.4, -0.2) is 24.8 Å². The molecule has 0 spiro atoms. The summed E-state index contributed by atoms with van der Waals surface area (Å²) in [5.74, 6) is 0.676. The summed E-state index contributed by atoms with van der Waals surface area (Å²) in [6.45, 7) is 7.43. The van der Waals surface area contributed by atoms with E-state index < -0.39 is 0 Å². The van der Waals surface area contributed by atoms with Crippen molar-refractivity contribution < 1.29 is 9.84 Å². The van der Waals surface area contributed by atoms with Crippen LogP contribution in [0.4, 0.5) is 0 Å². The van der Waals surface area contributed by atoms with Gasteiger partial charge in [-0.25, -0.2) is 0 Å². The number of hydrogen-bond donors (Lipinski definition) is 2. The van der Waals surface area contributed by atoms with E-state index in [2.05, 4.69) is 32.2 Å². The van der Waals surface area contributed by atoms with Gasteiger partial charge in [0, 0.05) is 6.04 Å². The molecule has 0 fully saturated rings. The molecule has 3 nitrogen and oxygen atoms in total. The van der Waals surface area contributed by atoms with Crippen molar-refractivity contribution in [3.05, 3.63) is 29.3 Å². The molecule has 0 radical (unpaired) electrons. The van der Waals surface area contributed by atoms with Crippen LogP contribution in [0.15, 0.2) is 23.8 Å². The van der Waals surface area contributed by atoms with Gasteiger partial charge < -0.3 is 15.2 Å². The van der Waals surface area contributed by atoms with Gasteiger partial charge >= 0.3 is 0 Å². The molecule has 1 aromatic rings. The molecule has 3 heteroatoms. The molecular formula is C15H23NO2. The molecule has 18 heavy (non-hydrogen) atoms. The van der Waals surface area contributed by atoms with Gasteiger partial charge in [0.2, 0.25) is 0 Å². The van der Waals surface area contributed by atoms with E-state index >= 15 is 0 Å². The number of hydrogen-bond acceptors (Lipinski definition) is 3. The number of ether oxygens (including phenoxy) is 1. The fraction of sp³-hybridized carbons (Fsp3) is 0.467. The van der Waals surface area contributed by atoms with E-state index in [-0.39, 0.29) is 5.75 Å². The Morgan fingerprint density at radius 3 is 2.83 bits per heavy atom. The van der Waals surface area contributed by atoms with E-state index in [1.54, 1.807) is 13.2 Å². The molecule has 0 saturated heterocycles. The minimum Gasteiger partial charge on any atom is -0.504 e. The fourth-order valence-electron chi connectivity index (χ4n) is 1.69. The number of phenols is 1. The second kappa shape index (κ2) is 7.07. The Bertz CT molecular complexity index is 413. The lowest BCUT2D eigenvalue weighted by molar-refractivity contribution is 0.373. The Hall–Kier alpha value is -1.48. The largest absolute Gasteiger partial charge is 0.504 e. The summed E-state index contributed by atoms with van der Waals surface area (Å²) >= 11 is 0. The Labute approximate surface area is 109 Å². The second-order valence-electron chi connectivity index (χ2n) is 4.50. The molecule has 0 aliphatic carbocycles. The van der Waals surface area contributed by atoms with Crippen LogP contribution in [0.5, 0.6) is 11.5 Å². The van der Waals surface area contributed by atoms with Crippen LogP contribution in [0.25, 0.3) is 6.08 Å². The van der Waals surface area contributed by atoms with Crippen molar-refractivity contribution in [1.29, 1.82) is 0 Å². The molecule has 1 rings (SSSR count). The molecule has 1 atom stereocenters. The number of phenolic OH excluding ortho intramolecular Hbond substituents is 1. The second-order valence-corrected chi connectivity index (χ2v) is 4.50. The van der Waals surface area contributed by atoms with Gasteiger partial charge in [-0.15, -0.1) is 0 Å². The van der Waals surface area contributed by atoms with Crippen molar-refractivity contribution in [1.82, 2.24) is 5.32 Å². The minimum atomic E-state index is 0.171. The van der Waals surface area contributed by atoms with Crippen molar-refractivity contribution >= 4 is 6.08 Å². The predicted molar refractivity (Wildman–Crippen MR) is 76.1 cm³/mol. The van der Waals surface area contributed by atoms with Crippen LogP contribution in [0.1, 0.15) is 32.8 Å². The maximum atomic E-state index is 9.54. The minimum absolute atomic E-state index is 0.171. The molecule has 0 aromatic heterocycles. The smallest absolute Gasteiger partial charge is 0.161 e. The zero-order valence-electron chi connectivity index (χ0n) is 11.7. The van der Waals surface area contributed by atoms with Crippen molar-refractivity contribution in [3.8, 4) is 11.5 Å². The fourth-order valence-corrected chi connectivity index (χ4v) is 1.69. The first-order valence-electron chi connectivity index (χ1n) is 6.37. The van der Waals surface area contributed by atoms with Gasteiger partial charge in [-0.2, -0.15) is 0 Å². The highest BCUT2D eigenvalue weighted by molar-refractivity contribution is 5.58. The van der Waals surface area contributed by atoms with E-state index in [1.807, 2.05) is 12.1 Å². The standard InChI is InChI=1S/C15H23NO2/c1-5-8-16-12(3)11(2)9-13-6-7-14(17)15(10-13)18-4/h6-7,9-10,12,16-17H,5,8H2,1-4H3/b11-9+. The van der Waals surface area contributed by atoms with E-state index in [0.717, 1.165) is 18.5 Å². The number of rotatable bonds is 6. The number of benzene rings is 1. The average molecular weight is 249 g/mol. The molecule has 0 heterocycles. The number of methoxy groups -OCH3 is 1. The SMILES string of the molecule is CCCNC(C)/C(C)=C/c1ccc(O)c(OC)c1. The first kappa shape index (κ1) is 14.6. The molecule has 0 saturated carbocycles. The maximum Gasteiger partial charge on any atom is 0.161 e. The van der Waals surface area contributed by atoms with Crippen LogP contribution in [-0.2, 0) is 0 Å². The Kier molecular flexibility index (Phi) is 5.72. The lowest BCUT2D eigenvalue weighted by Crippen LogP contribution is -2.27. The quantitative estimate of drug-likeness (QED) is 0.813. The average Bonchev–Trinajstić information content (AvgIpc) is 2.37. The summed E-state index contributed by atoms with van der Waals surface area (Å²) in [5.41, 5.74) is 2.29. The number of aromatic hydroxyl groups is 1. The number of nitrogens with one attached hydrogen (secondary N) is 1. The van der Waals surface area contributed by atoms with Crippen molar-refractivity contribution in [2.45, 2.75) is 33.2 Å². The molecule has 1 unspecified atom stereocenters. The molecule has 0 amide bonds. The van der Waals surface area contributed by atoms with Gasteiger partial charge in [0.15, 0.2) is 11.5 Å². The third-order valence-electron chi connectivity index (χ3n) is 2.98. The van der Waals surface area contributed by atoms with Crippen LogP contribution in [0.3, 0.4) is 0 Å². The summed E-state index contributed by atoms with van der Waals surface area (Å²) in [6, 6.07) is 5.73. The lowest BCUT2D eigenvalue weighted by atomic mass is 10.1. The first-order valence-corrected chi connectivity index (χ1v) is 6.37. The van der Waals surface area contributed by atoms with Crippen LogP contribution < -0.4 is 10.1 Å². The summed E-state index contributed by atoms with van der Waals surface area (Å²) < 4.78 is 5.10. The molecular weight excluding hydrogens is 226 g/mol. The Morgan fingerprint density at radius 2 is 2.22 bits per heavy atom. The molecule has 0 aliphatic heterocycles. The lowest BCUT2D eigenvalue weighted by Gasteiger charge is -2.14. The molecule has 1 aromatic carbocycles. The topological polar surface area (TPSA) is 41.5 Å². The first-order chi connectivity index (χ1) is 8.58.